The van der Waals surface area contributed by atoms with Crippen molar-refractivity contribution in [3.05, 3.63) is 35.4 Å². The van der Waals surface area contributed by atoms with E-state index in [0.717, 1.165) is 11.9 Å². The lowest BCUT2D eigenvalue weighted by molar-refractivity contribution is -0.161. The summed E-state index contributed by atoms with van der Waals surface area (Å²) in [6.45, 7) is 2.09. The number of fused-ring (bicyclic) bond motifs is 1. The van der Waals surface area contributed by atoms with Gasteiger partial charge in [-0.25, -0.2) is 0 Å². The van der Waals surface area contributed by atoms with Gasteiger partial charge in [0.15, 0.2) is 0 Å². The highest BCUT2D eigenvalue weighted by molar-refractivity contribution is 6.22. The van der Waals surface area contributed by atoms with Gasteiger partial charge in [-0.15, -0.1) is 0 Å². The molecule has 5 nitrogen and oxygen atoms in total. The van der Waals surface area contributed by atoms with Crippen molar-refractivity contribution in [2.24, 2.45) is 5.92 Å². The van der Waals surface area contributed by atoms with Crippen molar-refractivity contribution >= 4 is 17.7 Å². The van der Waals surface area contributed by atoms with Gasteiger partial charge in [0.2, 0.25) is 5.91 Å². The zero-order valence-corrected chi connectivity index (χ0v) is 14.1. The van der Waals surface area contributed by atoms with E-state index in [9.17, 15) is 27.6 Å². The van der Waals surface area contributed by atoms with E-state index in [1.54, 1.807) is 26.0 Å². The Hall–Kier alpha value is -2.38. The molecule has 0 aromatic heterocycles. The summed E-state index contributed by atoms with van der Waals surface area (Å²) in [5, 5.41) is 0. The lowest BCUT2D eigenvalue weighted by Gasteiger charge is -2.30. The van der Waals surface area contributed by atoms with Gasteiger partial charge in [0.1, 0.15) is 12.6 Å². The molecule has 8 heteroatoms. The largest absolute Gasteiger partial charge is 0.406 e. The zero-order chi connectivity index (χ0) is 18.9. The smallest absolute Gasteiger partial charge is 0.335 e. The van der Waals surface area contributed by atoms with Gasteiger partial charge in [0, 0.05) is 7.05 Å². The number of amides is 3. The number of rotatable bonds is 5. The van der Waals surface area contributed by atoms with Gasteiger partial charge in [0.25, 0.3) is 11.8 Å². The van der Waals surface area contributed by atoms with Crippen LogP contribution in [0.15, 0.2) is 24.3 Å². The van der Waals surface area contributed by atoms with E-state index in [1.165, 1.54) is 12.1 Å². The number of benzene rings is 1. The summed E-state index contributed by atoms with van der Waals surface area (Å²) in [6.07, 6.45) is -4.47. The fourth-order valence-corrected chi connectivity index (χ4v) is 2.86. The highest BCUT2D eigenvalue weighted by Gasteiger charge is 2.44. The molecule has 0 aliphatic carbocycles. The second kappa shape index (κ2) is 6.85. The lowest BCUT2D eigenvalue weighted by atomic mass is 10.0. The topological polar surface area (TPSA) is 57.7 Å². The Morgan fingerprint density at radius 1 is 1.12 bits per heavy atom. The molecular formula is C17H19F3N2O3. The van der Waals surface area contributed by atoms with Crippen LogP contribution in [0.3, 0.4) is 0 Å². The summed E-state index contributed by atoms with van der Waals surface area (Å²) in [5.74, 6) is -2.31. The SMILES string of the molecule is CC(C)CC(C(=O)N(C)CC(F)(F)F)N1C(=O)c2ccccc2C1=O. The number of alkyl halides is 3. The Kier molecular flexibility index (Phi) is 5.20. The maximum atomic E-state index is 12.6. The van der Waals surface area contributed by atoms with Crippen molar-refractivity contribution in [2.45, 2.75) is 32.5 Å². The molecule has 1 aliphatic heterocycles. The molecule has 0 fully saturated rings. The minimum absolute atomic E-state index is 0.0898. The van der Waals surface area contributed by atoms with Crippen LogP contribution in [0.5, 0.6) is 0 Å². The first-order valence-corrected chi connectivity index (χ1v) is 7.81. The summed E-state index contributed by atoms with van der Waals surface area (Å²) >= 11 is 0. The van der Waals surface area contributed by atoms with Crippen molar-refractivity contribution in [3.8, 4) is 0 Å². The number of hydrogen-bond donors (Lipinski definition) is 0. The van der Waals surface area contributed by atoms with Crippen LogP contribution in [0, 0.1) is 5.92 Å². The fourth-order valence-electron chi connectivity index (χ4n) is 2.86. The van der Waals surface area contributed by atoms with Crippen molar-refractivity contribution in [1.29, 1.82) is 0 Å². The van der Waals surface area contributed by atoms with E-state index >= 15 is 0 Å². The third-order valence-corrected chi connectivity index (χ3v) is 3.91. The van der Waals surface area contributed by atoms with Gasteiger partial charge < -0.3 is 4.90 Å². The molecule has 0 N–H and O–H groups in total. The number of carbonyl (C=O) groups is 3. The molecule has 0 spiro atoms. The van der Waals surface area contributed by atoms with E-state index < -0.39 is 36.5 Å². The molecule has 1 aliphatic rings. The normalized spacial score (nSPS) is 15.6. The van der Waals surface area contributed by atoms with E-state index in [-0.39, 0.29) is 23.5 Å². The summed E-state index contributed by atoms with van der Waals surface area (Å²) in [7, 11) is 1.02. The predicted octanol–water partition coefficient (Wildman–Crippen LogP) is 2.72. The highest BCUT2D eigenvalue weighted by atomic mass is 19.4. The average Bonchev–Trinajstić information content (AvgIpc) is 2.75. The molecule has 136 valence electrons. The van der Waals surface area contributed by atoms with Gasteiger partial charge in [-0.05, 0) is 24.5 Å². The van der Waals surface area contributed by atoms with E-state index in [2.05, 4.69) is 0 Å². The number of likely N-dealkylation sites (N-methyl/N-ethyl adjacent to an activating group) is 1. The molecule has 1 heterocycles. The maximum absolute atomic E-state index is 12.6. The molecule has 0 saturated carbocycles. The van der Waals surface area contributed by atoms with Crippen LogP contribution in [-0.2, 0) is 4.79 Å². The van der Waals surface area contributed by atoms with Crippen LogP contribution < -0.4 is 0 Å². The van der Waals surface area contributed by atoms with Crippen molar-refractivity contribution in [2.75, 3.05) is 13.6 Å². The second-order valence-electron chi connectivity index (χ2n) is 6.48. The van der Waals surface area contributed by atoms with Crippen molar-refractivity contribution in [1.82, 2.24) is 9.80 Å². The zero-order valence-electron chi connectivity index (χ0n) is 14.1. The molecule has 25 heavy (non-hydrogen) atoms. The Morgan fingerprint density at radius 3 is 2.00 bits per heavy atom. The van der Waals surface area contributed by atoms with Gasteiger partial charge in [-0.3, -0.25) is 19.3 Å². The monoisotopic (exact) mass is 356 g/mol. The first-order chi connectivity index (χ1) is 11.5. The number of imide groups is 1. The molecule has 0 radical (unpaired) electrons. The molecule has 0 saturated heterocycles. The summed E-state index contributed by atoms with van der Waals surface area (Å²) in [6, 6.07) is 4.84. The van der Waals surface area contributed by atoms with Crippen LogP contribution in [0.25, 0.3) is 0 Å². The Labute approximate surface area is 143 Å². The quantitative estimate of drug-likeness (QED) is 0.763. The molecule has 1 aromatic rings. The van der Waals surface area contributed by atoms with Gasteiger partial charge in [-0.1, -0.05) is 26.0 Å². The first kappa shape index (κ1) is 19.0. The maximum Gasteiger partial charge on any atom is 0.406 e. The third kappa shape index (κ3) is 4.00. The van der Waals surface area contributed by atoms with Crippen molar-refractivity contribution < 1.29 is 27.6 Å². The van der Waals surface area contributed by atoms with Crippen LogP contribution in [0.4, 0.5) is 13.2 Å². The standard InChI is InChI=1S/C17H19F3N2O3/c1-10(2)8-13(16(25)21(3)9-17(18,19)20)22-14(23)11-6-4-5-7-12(11)15(22)24/h4-7,10,13H,8-9H2,1-3H3. The molecule has 2 rings (SSSR count). The number of carbonyl (C=O) groups excluding carboxylic acids is 3. The molecule has 1 atom stereocenters. The second-order valence-corrected chi connectivity index (χ2v) is 6.48. The molecule has 1 aromatic carbocycles. The Bertz CT molecular complexity index is 666. The number of hydrogen-bond acceptors (Lipinski definition) is 3. The van der Waals surface area contributed by atoms with Gasteiger partial charge in [0.05, 0.1) is 11.1 Å². The minimum Gasteiger partial charge on any atom is -0.335 e. The molecule has 3 amide bonds. The summed E-state index contributed by atoms with van der Waals surface area (Å²) in [4.78, 5) is 39.0. The molecule has 1 unspecified atom stereocenters. The fraction of sp³-hybridized carbons (Fsp3) is 0.471. The average molecular weight is 356 g/mol. The van der Waals surface area contributed by atoms with Crippen LogP contribution >= 0.6 is 0 Å². The van der Waals surface area contributed by atoms with E-state index in [1.807, 2.05) is 0 Å². The van der Waals surface area contributed by atoms with E-state index in [0.29, 0.717) is 4.90 Å². The molecular weight excluding hydrogens is 337 g/mol. The first-order valence-electron chi connectivity index (χ1n) is 7.81. The minimum atomic E-state index is -4.56. The van der Waals surface area contributed by atoms with Crippen LogP contribution in [-0.4, -0.2) is 53.3 Å². The van der Waals surface area contributed by atoms with Crippen molar-refractivity contribution in [3.63, 3.8) is 0 Å². The van der Waals surface area contributed by atoms with Gasteiger partial charge in [-0.2, -0.15) is 13.2 Å². The molecule has 0 bridgehead atoms. The Balaban J connectivity index is 2.34. The van der Waals surface area contributed by atoms with Crippen LogP contribution in [0.2, 0.25) is 0 Å². The highest BCUT2D eigenvalue weighted by Crippen LogP contribution is 2.28. The third-order valence-electron chi connectivity index (χ3n) is 3.91. The number of nitrogens with zero attached hydrogens (tertiary/aromatic N) is 2. The van der Waals surface area contributed by atoms with Gasteiger partial charge >= 0.3 is 6.18 Å². The summed E-state index contributed by atoms with van der Waals surface area (Å²) < 4.78 is 37.8. The number of halogens is 3. The lowest BCUT2D eigenvalue weighted by Crippen LogP contribution is -2.52. The summed E-state index contributed by atoms with van der Waals surface area (Å²) in [5.41, 5.74) is 0.320. The predicted molar refractivity (Wildman–Crippen MR) is 83.9 cm³/mol. The van der Waals surface area contributed by atoms with E-state index in [4.69, 9.17) is 0 Å². The Morgan fingerprint density at radius 2 is 1.60 bits per heavy atom. The van der Waals surface area contributed by atoms with Crippen LogP contribution in [0.1, 0.15) is 41.0 Å².